The Hall–Kier alpha value is -3.91. The molecule has 3 aromatic carbocycles. The first-order valence-corrected chi connectivity index (χ1v) is 10.9. The molecule has 0 spiro atoms. The number of rotatable bonds is 3. The van der Waals surface area contributed by atoms with E-state index in [2.05, 4.69) is 4.98 Å². The molecular weight excluding hydrogens is 446 g/mol. The van der Waals surface area contributed by atoms with E-state index in [1.54, 1.807) is 42.5 Å². The van der Waals surface area contributed by atoms with Crippen molar-refractivity contribution in [2.45, 2.75) is 13.0 Å². The van der Waals surface area contributed by atoms with Gasteiger partial charge in [0.25, 0.3) is 5.78 Å². The van der Waals surface area contributed by atoms with Crippen molar-refractivity contribution in [2.24, 2.45) is 0 Å². The molecule has 33 heavy (non-hydrogen) atoms. The second-order valence-corrected chi connectivity index (χ2v) is 8.69. The first-order valence-electron chi connectivity index (χ1n) is 10.0. The van der Waals surface area contributed by atoms with Gasteiger partial charge in [-0.05, 0) is 18.6 Å². The number of aryl methyl sites for hydroxylation is 1. The highest BCUT2D eigenvalue weighted by molar-refractivity contribution is 7.22. The molecule has 1 aliphatic heterocycles. The van der Waals surface area contributed by atoms with Crippen LogP contribution in [0, 0.1) is 18.6 Å². The van der Waals surface area contributed by atoms with Crippen molar-refractivity contribution in [3.05, 3.63) is 101 Å². The van der Waals surface area contributed by atoms with Crippen LogP contribution < -0.4 is 4.90 Å². The fourth-order valence-electron chi connectivity index (χ4n) is 3.95. The molecule has 5 nitrogen and oxygen atoms in total. The van der Waals surface area contributed by atoms with Crippen molar-refractivity contribution in [1.29, 1.82) is 0 Å². The molecule has 1 aliphatic rings. The highest BCUT2D eigenvalue weighted by Gasteiger charge is 2.48. The monoisotopic (exact) mass is 462 g/mol. The highest BCUT2D eigenvalue weighted by atomic mass is 32.1. The minimum Gasteiger partial charge on any atom is -0.507 e. The van der Waals surface area contributed by atoms with Crippen LogP contribution in [0.2, 0.25) is 0 Å². The predicted octanol–water partition coefficient (Wildman–Crippen LogP) is 5.51. The zero-order chi connectivity index (χ0) is 23.3. The summed E-state index contributed by atoms with van der Waals surface area (Å²) in [5.41, 5.74) is 1.98. The molecule has 0 radical (unpaired) electrons. The smallest absolute Gasteiger partial charge is 0.301 e. The molecule has 5 rings (SSSR count). The molecule has 164 valence electrons. The first kappa shape index (κ1) is 21.0. The number of hydrogen-bond acceptors (Lipinski definition) is 5. The van der Waals surface area contributed by atoms with Gasteiger partial charge in [-0.15, -0.1) is 0 Å². The zero-order valence-corrected chi connectivity index (χ0v) is 18.1. The van der Waals surface area contributed by atoms with Gasteiger partial charge < -0.3 is 5.11 Å². The van der Waals surface area contributed by atoms with E-state index in [1.807, 2.05) is 19.1 Å². The van der Waals surface area contributed by atoms with Crippen LogP contribution in [0.25, 0.3) is 16.0 Å². The summed E-state index contributed by atoms with van der Waals surface area (Å²) in [6.45, 7) is 1.87. The van der Waals surface area contributed by atoms with Crippen LogP contribution in [0.3, 0.4) is 0 Å². The van der Waals surface area contributed by atoms with Gasteiger partial charge in [-0.25, -0.2) is 13.8 Å². The molecule has 4 aromatic rings. The van der Waals surface area contributed by atoms with Gasteiger partial charge in [0.15, 0.2) is 16.8 Å². The largest absolute Gasteiger partial charge is 0.507 e. The number of amides is 1. The third-order valence-electron chi connectivity index (χ3n) is 5.47. The van der Waals surface area contributed by atoms with Crippen molar-refractivity contribution >= 4 is 44.1 Å². The lowest BCUT2D eigenvalue weighted by Crippen LogP contribution is -2.29. The maximum atomic E-state index is 13.7. The SMILES string of the molecule is Cc1cccc(C2/C(=C(\O)c3ccccc3)C(=O)C(=O)N2c2nc3cc(F)c(F)cc3s2)c1. The number of carbonyl (C=O) groups excluding carboxylic acids is 2. The lowest BCUT2D eigenvalue weighted by molar-refractivity contribution is -0.132. The number of aliphatic hydroxyl groups excluding tert-OH is 1. The minimum absolute atomic E-state index is 0.0755. The van der Waals surface area contributed by atoms with Gasteiger partial charge in [0.05, 0.1) is 21.8 Å². The van der Waals surface area contributed by atoms with Gasteiger partial charge in [-0.2, -0.15) is 0 Å². The third-order valence-corrected chi connectivity index (χ3v) is 6.49. The summed E-state index contributed by atoms with van der Waals surface area (Å²) in [4.78, 5) is 31.8. The molecule has 8 heteroatoms. The summed E-state index contributed by atoms with van der Waals surface area (Å²) in [5.74, 6) is -4.13. The molecule has 1 atom stereocenters. The molecule has 1 saturated heterocycles. The van der Waals surface area contributed by atoms with Crippen molar-refractivity contribution in [2.75, 3.05) is 4.90 Å². The van der Waals surface area contributed by atoms with Gasteiger partial charge in [-0.3, -0.25) is 14.5 Å². The number of halogens is 2. The quantitative estimate of drug-likeness (QED) is 0.248. The molecule has 1 aromatic heterocycles. The number of ketones is 1. The number of aromatic nitrogens is 1. The number of aliphatic hydroxyl groups is 1. The molecule has 0 saturated carbocycles. The lowest BCUT2D eigenvalue weighted by Gasteiger charge is -2.23. The van der Waals surface area contributed by atoms with Gasteiger partial charge in [0.2, 0.25) is 0 Å². The van der Waals surface area contributed by atoms with Crippen LogP contribution in [0.4, 0.5) is 13.9 Å². The molecule has 1 fully saturated rings. The number of carbonyl (C=O) groups is 2. The summed E-state index contributed by atoms with van der Waals surface area (Å²) >= 11 is 0.966. The van der Waals surface area contributed by atoms with Crippen molar-refractivity contribution in [3.8, 4) is 0 Å². The first-order chi connectivity index (χ1) is 15.8. The van der Waals surface area contributed by atoms with Crippen molar-refractivity contribution in [3.63, 3.8) is 0 Å². The Morgan fingerprint density at radius 3 is 2.45 bits per heavy atom. The standard InChI is InChI=1S/C25H16F2N2O3S/c1-13-6-5-9-15(10-13)21-20(22(30)14-7-3-2-4-8-14)23(31)24(32)29(21)25-28-18-11-16(26)17(27)12-19(18)33-25/h2-12,21,30H,1H3/b22-20+. The fraction of sp³-hybridized carbons (Fsp3) is 0.0800. The second kappa shape index (κ2) is 7.90. The van der Waals surface area contributed by atoms with Crippen LogP contribution in [0.15, 0.2) is 72.3 Å². The zero-order valence-electron chi connectivity index (χ0n) is 17.3. The van der Waals surface area contributed by atoms with Gasteiger partial charge in [0.1, 0.15) is 5.76 Å². The maximum absolute atomic E-state index is 13.7. The van der Waals surface area contributed by atoms with Crippen LogP contribution in [-0.4, -0.2) is 21.8 Å². The Labute approximate surface area is 191 Å². The fourth-order valence-corrected chi connectivity index (χ4v) is 4.95. The molecule has 2 heterocycles. The number of thiazole rings is 1. The van der Waals surface area contributed by atoms with Gasteiger partial charge >= 0.3 is 5.91 Å². The van der Waals surface area contributed by atoms with Crippen LogP contribution in [0.5, 0.6) is 0 Å². The molecule has 1 unspecified atom stereocenters. The number of anilines is 1. The van der Waals surface area contributed by atoms with E-state index in [0.29, 0.717) is 15.8 Å². The van der Waals surface area contributed by atoms with E-state index in [0.717, 1.165) is 29.0 Å². The predicted molar refractivity (Wildman–Crippen MR) is 122 cm³/mol. The summed E-state index contributed by atoms with van der Waals surface area (Å²) < 4.78 is 27.8. The molecule has 0 bridgehead atoms. The van der Waals surface area contributed by atoms with Crippen LogP contribution in [0.1, 0.15) is 22.7 Å². The van der Waals surface area contributed by atoms with Crippen LogP contribution in [-0.2, 0) is 9.59 Å². The van der Waals surface area contributed by atoms with Crippen LogP contribution >= 0.6 is 11.3 Å². The number of hydrogen-bond donors (Lipinski definition) is 1. The second-order valence-electron chi connectivity index (χ2n) is 7.68. The van der Waals surface area contributed by atoms with E-state index in [9.17, 15) is 23.5 Å². The summed E-state index contributed by atoms with van der Waals surface area (Å²) in [5, 5.41) is 11.2. The van der Waals surface area contributed by atoms with Crippen molar-refractivity contribution in [1.82, 2.24) is 4.98 Å². The van der Waals surface area contributed by atoms with E-state index < -0.39 is 29.4 Å². The van der Waals surface area contributed by atoms with Gasteiger partial charge in [0, 0.05) is 11.6 Å². The number of benzene rings is 3. The Morgan fingerprint density at radius 2 is 1.73 bits per heavy atom. The van der Waals surface area contributed by atoms with Crippen molar-refractivity contribution < 1.29 is 23.5 Å². The number of Topliss-reactive ketones (excluding diaryl/α,β-unsaturated/α-hetero) is 1. The number of fused-ring (bicyclic) bond motifs is 1. The molecule has 0 aliphatic carbocycles. The Bertz CT molecular complexity index is 1420. The van der Waals surface area contributed by atoms with E-state index >= 15 is 0 Å². The topological polar surface area (TPSA) is 70.5 Å². The minimum atomic E-state index is -1.05. The number of nitrogens with zero attached hydrogens (tertiary/aromatic N) is 2. The highest BCUT2D eigenvalue weighted by Crippen LogP contribution is 2.44. The maximum Gasteiger partial charge on any atom is 0.301 e. The summed E-state index contributed by atoms with van der Waals surface area (Å²) in [6.07, 6.45) is 0. The lowest BCUT2D eigenvalue weighted by atomic mass is 9.94. The van der Waals surface area contributed by atoms with E-state index in [4.69, 9.17) is 0 Å². The normalized spacial score (nSPS) is 17.8. The Balaban J connectivity index is 1.75. The Morgan fingerprint density at radius 1 is 1.00 bits per heavy atom. The average molecular weight is 462 g/mol. The third kappa shape index (κ3) is 3.48. The summed E-state index contributed by atoms with van der Waals surface area (Å²) in [7, 11) is 0. The molecule has 1 N–H and O–H groups in total. The molecular formula is C25H16F2N2O3S. The summed E-state index contributed by atoms with van der Waals surface area (Å²) in [6, 6.07) is 16.7. The molecule has 1 amide bonds. The van der Waals surface area contributed by atoms with E-state index in [1.165, 1.54) is 4.90 Å². The Kier molecular flexibility index (Phi) is 5.02. The average Bonchev–Trinajstić information content (AvgIpc) is 3.32. The van der Waals surface area contributed by atoms with E-state index in [-0.39, 0.29) is 22.0 Å². The van der Waals surface area contributed by atoms with Gasteiger partial charge in [-0.1, -0.05) is 71.5 Å².